The van der Waals surface area contributed by atoms with Crippen LogP contribution in [0.1, 0.15) is 24.8 Å². The number of piperazine rings is 1. The second kappa shape index (κ2) is 9.20. The van der Waals surface area contributed by atoms with Crippen molar-refractivity contribution in [2.45, 2.75) is 19.8 Å². The largest absolute Gasteiger partial charge is 0.368 e. The molecule has 3 rings (SSSR count). The Morgan fingerprint density at radius 2 is 1.82 bits per heavy atom. The van der Waals surface area contributed by atoms with Gasteiger partial charge in [-0.05, 0) is 24.3 Å². The van der Waals surface area contributed by atoms with Crippen molar-refractivity contribution in [3.63, 3.8) is 0 Å². The Kier molecular flexibility index (Phi) is 6.69. The van der Waals surface area contributed by atoms with E-state index in [1.165, 1.54) is 11.3 Å². The molecule has 3 amide bonds. The molecule has 1 aromatic heterocycles. The number of rotatable bonds is 5. The molecule has 1 aliphatic rings. The van der Waals surface area contributed by atoms with Gasteiger partial charge in [-0.1, -0.05) is 36.8 Å². The third kappa shape index (κ3) is 5.32. The minimum Gasteiger partial charge on any atom is -0.368 e. The van der Waals surface area contributed by atoms with Gasteiger partial charge in [0.15, 0.2) is 0 Å². The molecule has 0 atom stereocenters. The quantitative estimate of drug-likeness (QED) is 0.773. The molecule has 0 saturated carbocycles. The molecular weight excluding hydrogens is 400 g/mol. The van der Waals surface area contributed by atoms with Crippen LogP contribution in [0.15, 0.2) is 24.3 Å². The number of halogens is 1. The first kappa shape index (κ1) is 20.3. The smallest absolute Gasteiger partial charge is 0.317 e. The fourth-order valence-electron chi connectivity index (χ4n) is 2.77. The molecule has 0 spiro atoms. The Hall–Kier alpha value is -2.39. The number of amides is 3. The predicted octanol–water partition coefficient (Wildman–Crippen LogP) is 2.79. The number of anilines is 2. The lowest BCUT2D eigenvalue weighted by Gasteiger charge is -2.36. The third-order valence-electron chi connectivity index (χ3n) is 4.34. The van der Waals surface area contributed by atoms with Gasteiger partial charge < -0.3 is 15.1 Å². The zero-order chi connectivity index (χ0) is 20.1. The van der Waals surface area contributed by atoms with Gasteiger partial charge in [-0.25, -0.2) is 4.79 Å². The summed E-state index contributed by atoms with van der Waals surface area (Å²) in [5.74, 6) is -0.0611. The summed E-state index contributed by atoms with van der Waals surface area (Å²) in [6.45, 7) is 6.55. The minimum absolute atomic E-state index is 0.104. The van der Waals surface area contributed by atoms with Gasteiger partial charge in [0, 0.05) is 42.8 Å². The van der Waals surface area contributed by atoms with Crippen molar-refractivity contribution >= 4 is 45.7 Å². The summed E-state index contributed by atoms with van der Waals surface area (Å²) in [7, 11) is 0. The molecule has 10 heteroatoms. The van der Waals surface area contributed by atoms with E-state index in [1.807, 2.05) is 38.1 Å². The second-order valence-corrected chi connectivity index (χ2v) is 8.20. The van der Waals surface area contributed by atoms with Gasteiger partial charge in [-0.15, -0.1) is 10.2 Å². The first-order chi connectivity index (χ1) is 13.4. The van der Waals surface area contributed by atoms with Crippen LogP contribution in [0.25, 0.3) is 0 Å². The lowest BCUT2D eigenvalue weighted by molar-refractivity contribution is -0.115. The average molecular weight is 423 g/mol. The van der Waals surface area contributed by atoms with E-state index in [9.17, 15) is 9.59 Å². The summed E-state index contributed by atoms with van der Waals surface area (Å²) in [5.41, 5.74) is 1.08. The van der Waals surface area contributed by atoms with Gasteiger partial charge in [-0.3, -0.25) is 10.1 Å². The molecule has 0 radical (unpaired) electrons. The van der Waals surface area contributed by atoms with Gasteiger partial charge in [0.25, 0.3) is 0 Å². The molecule has 2 aromatic rings. The standard InChI is InChI=1S/C18H23ClN6O2S/c1-12(2)16-22-23-17(28-16)21-15(26)11-20-18(27)25-9-7-24(8-10-25)14-5-3-13(19)4-6-14/h3-6,12H,7-11H2,1-2H3,(H,20,27)(H,21,23,26). The van der Waals surface area contributed by atoms with Crippen LogP contribution in [0.4, 0.5) is 15.6 Å². The molecule has 28 heavy (non-hydrogen) atoms. The van der Waals surface area contributed by atoms with E-state index in [0.717, 1.165) is 23.8 Å². The molecule has 150 valence electrons. The van der Waals surface area contributed by atoms with Crippen molar-refractivity contribution in [2.24, 2.45) is 0 Å². The normalized spacial score (nSPS) is 14.3. The molecule has 1 fully saturated rings. The zero-order valence-corrected chi connectivity index (χ0v) is 17.4. The summed E-state index contributed by atoms with van der Waals surface area (Å²) >= 11 is 7.26. The van der Waals surface area contributed by atoms with Crippen LogP contribution in [0.3, 0.4) is 0 Å². The van der Waals surface area contributed by atoms with Crippen LogP contribution in [0.2, 0.25) is 5.02 Å². The molecule has 2 heterocycles. The van der Waals surface area contributed by atoms with Crippen LogP contribution < -0.4 is 15.5 Å². The fraction of sp³-hybridized carbons (Fsp3) is 0.444. The molecular formula is C18H23ClN6O2S. The SMILES string of the molecule is CC(C)c1nnc(NC(=O)CNC(=O)N2CCN(c3ccc(Cl)cc3)CC2)s1. The van der Waals surface area contributed by atoms with Crippen LogP contribution >= 0.6 is 22.9 Å². The topological polar surface area (TPSA) is 90.5 Å². The van der Waals surface area contributed by atoms with E-state index in [0.29, 0.717) is 23.2 Å². The third-order valence-corrected chi connectivity index (χ3v) is 5.73. The fourth-order valence-corrected chi connectivity index (χ4v) is 3.66. The van der Waals surface area contributed by atoms with Crippen molar-refractivity contribution in [1.82, 2.24) is 20.4 Å². The van der Waals surface area contributed by atoms with Crippen molar-refractivity contribution in [1.29, 1.82) is 0 Å². The highest BCUT2D eigenvalue weighted by atomic mass is 35.5. The van der Waals surface area contributed by atoms with E-state index < -0.39 is 0 Å². The van der Waals surface area contributed by atoms with Gasteiger partial charge in [-0.2, -0.15) is 0 Å². The van der Waals surface area contributed by atoms with E-state index in [2.05, 4.69) is 25.7 Å². The van der Waals surface area contributed by atoms with Crippen LogP contribution in [0, 0.1) is 0 Å². The van der Waals surface area contributed by atoms with Crippen molar-refractivity contribution in [3.8, 4) is 0 Å². The van der Waals surface area contributed by atoms with Gasteiger partial charge >= 0.3 is 6.03 Å². The summed E-state index contributed by atoms with van der Waals surface area (Å²) in [4.78, 5) is 28.2. The maximum Gasteiger partial charge on any atom is 0.317 e. The van der Waals surface area contributed by atoms with Gasteiger partial charge in [0.1, 0.15) is 5.01 Å². The van der Waals surface area contributed by atoms with Crippen molar-refractivity contribution in [2.75, 3.05) is 42.9 Å². The van der Waals surface area contributed by atoms with Gasteiger partial charge in [0.05, 0.1) is 6.54 Å². The molecule has 0 aliphatic carbocycles. The van der Waals surface area contributed by atoms with Gasteiger partial charge in [0.2, 0.25) is 11.0 Å². The highest BCUT2D eigenvalue weighted by Gasteiger charge is 2.21. The summed E-state index contributed by atoms with van der Waals surface area (Å²) in [6.07, 6.45) is 0. The summed E-state index contributed by atoms with van der Waals surface area (Å²) in [5, 5.41) is 15.3. The Bertz CT molecular complexity index is 818. The number of hydrogen-bond donors (Lipinski definition) is 2. The number of carbonyl (C=O) groups excluding carboxylic acids is 2. The molecule has 0 bridgehead atoms. The summed E-state index contributed by atoms with van der Waals surface area (Å²) in [6, 6.07) is 7.42. The molecule has 1 saturated heterocycles. The number of hydrogen-bond acceptors (Lipinski definition) is 6. The van der Waals surface area contributed by atoms with Crippen molar-refractivity contribution < 1.29 is 9.59 Å². The first-order valence-electron chi connectivity index (χ1n) is 9.09. The number of carbonyl (C=O) groups is 2. The second-order valence-electron chi connectivity index (χ2n) is 6.76. The van der Waals surface area contributed by atoms with Crippen LogP contribution in [-0.2, 0) is 4.79 Å². The first-order valence-corrected chi connectivity index (χ1v) is 10.3. The van der Waals surface area contributed by atoms with E-state index in [1.54, 1.807) is 4.90 Å². The molecule has 1 aromatic carbocycles. The maximum atomic E-state index is 12.3. The number of nitrogens with zero attached hydrogens (tertiary/aromatic N) is 4. The molecule has 0 unspecified atom stereocenters. The van der Waals surface area contributed by atoms with Crippen molar-refractivity contribution in [3.05, 3.63) is 34.3 Å². The Balaban J connectivity index is 1.41. The predicted molar refractivity (Wildman–Crippen MR) is 111 cm³/mol. The number of aromatic nitrogens is 2. The Labute approximate surface area is 172 Å². The highest BCUT2D eigenvalue weighted by molar-refractivity contribution is 7.15. The zero-order valence-electron chi connectivity index (χ0n) is 15.8. The Morgan fingerprint density at radius 3 is 2.43 bits per heavy atom. The average Bonchev–Trinajstić information content (AvgIpc) is 3.16. The number of benzene rings is 1. The molecule has 2 N–H and O–H groups in total. The lowest BCUT2D eigenvalue weighted by Crippen LogP contribution is -2.52. The highest BCUT2D eigenvalue weighted by Crippen LogP contribution is 2.22. The maximum absolute atomic E-state index is 12.3. The molecule has 8 nitrogen and oxygen atoms in total. The van der Waals surface area contributed by atoms with E-state index in [4.69, 9.17) is 11.6 Å². The van der Waals surface area contributed by atoms with E-state index >= 15 is 0 Å². The number of nitrogens with one attached hydrogen (secondary N) is 2. The van der Waals surface area contributed by atoms with Crippen LogP contribution in [-0.4, -0.2) is 59.8 Å². The number of urea groups is 1. The minimum atomic E-state index is -0.320. The lowest BCUT2D eigenvalue weighted by atomic mass is 10.2. The molecule has 1 aliphatic heterocycles. The monoisotopic (exact) mass is 422 g/mol. The van der Waals surface area contributed by atoms with Crippen LogP contribution in [0.5, 0.6) is 0 Å². The summed E-state index contributed by atoms with van der Waals surface area (Å²) < 4.78 is 0. The van der Waals surface area contributed by atoms with E-state index in [-0.39, 0.29) is 24.4 Å². The Morgan fingerprint density at radius 1 is 1.14 bits per heavy atom.